The maximum atomic E-state index is 13.2. The number of rotatable bonds is 4. The summed E-state index contributed by atoms with van der Waals surface area (Å²) in [5.74, 6) is -0.206. The molecular weight excluding hydrogens is 455 g/mol. The number of benzene rings is 2. The lowest BCUT2D eigenvalue weighted by atomic mass is 9.92. The summed E-state index contributed by atoms with van der Waals surface area (Å²) in [5, 5.41) is 15.0. The summed E-state index contributed by atoms with van der Waals surface area (Å²) in [6, 6.07) is 14.3. The molecule has 0 aliphatic heterocycles. The third-order valence-electron chi connectivity index (χ3n) is 5.83. The van der Waals surface area contributed by atoms with Crippen molar-refractivity contribution < 1.29 is 9.90 Å². The monoisotopic (exact) mass is 476 g/mol. The van der Waals surface area contributed by atoms with Gasteiger partial charge in [0.25, 0.3) is 5.91 Å². The molecule has 31 heavy (non-hydrogen) atoms. The van der Waals surface area contributed by atoms with Crippen molar-refractivity contribution in [3.05, 3.63) is 74.9 Å². The SMILES string of the molecule is Cc1c(C(=O)N[C@H]2CCCC[C@H]2O)cc(-c2ccc(Cl)cc2)n1-c1ccc(Cl)cc1Cl. The first-order valence-electron chi connectivity index (χ1n) is 10.3. The third-order valence-corrected chi connectivity index (χ3v) is 6.62. The summed E-state index contributed by atoms with van der Waals surface area (Å²) in [4.78, 5) is 13.2. The van der Waals surface area contributed by atoms with Gasteiger partial charge in [0.2, 0.25) is 0 Å². The fraction of sp³-hybridized carbons (Fsp3) is 0.292. The van der Waals surface area contributed by atoms with Crippen molar-refractivity contribution in [1.29, 1.82) is 0 Å². The highest BCUT2D eigenvalue weighted by atomic mass is 35.5. The van der Waals surface area contributed by atoms with Crippen molar-refractivity contribution in [3.8, 4) is 16.9 Å². The van der Waals surface area contributed by atoms with Gasteiger partial charge in [0.15, 0.2) is 0 Å². The van der Waals surface area contributed by atoms with E-state index in [1.165, 1.54) is 0 Å². The molecule has 1 aliphatic carbocycles. The van der Waals surface area contributed by atoms with Gasteiger partial charge in [0.05, 0.1) is 34.1 Å². The third kappa shape index (κ3) is 4.63. The van der Waals surface area contributed by atoms with Gasteiger partial charge < -0.3 is 15.0 Å². The molecule has 0 spiro atoms. The van der Waals surface area contributed by atoms with E-state index in [0.29, 0.717) is 27.1 Å². The summed E-state index contributed by atoms with van der Waals surface area (Å²) in [5.41, 5.74) is 3.72. The molecule has 4 rings (SSSR count). The van der Waals surface area contributed by atoms with Crippen molar-refractivity contribution >= 4 is 40.7 Å². The number of amides is 1. The zero-order valence-electron chi connectivity index (χ0n) is 17.0. The van der Waals surface area contributed by atoms with Crippen LogP contribution in [0.2, 0.25) is 15.1 Å². The molecule has 3 aromatic rings. The second-order valence-electron chi connectivity index (χ2n) is 7.90. The van der Waals surface area contributed by atoms with Gasteiger partial charge >= 0.3 is 0 Å². The van der Waals surface area contributed by atoms with Gasteiger partial charge in [0.1, 0.15) is 0 Å². The molecule has 1 aliphatic rings. The highest BCUT2D eigenvalue weighted by Gasteiger charge is 2.27. The maximum Gasteiger partial charge on any atom is 0.253 e. The van der Waals surface area contributed by atoms with Gasteiger partial charge in [-0.3, -0.25) is 4.79 Å². The van der Waals surface area contributed by atoms with Gasteiger partial charge in [0, 0.05) is 15.7 Å². The quantitative estimate of drug-likeness (QED) is 0.454. The number of carbonyl (C=O) groups excluding carboxylic acids is 1. The van der Waals surface area contributed by atoms with Crippen molar-refractivity contribution in [1.82, 2.24) is 9.88 Å². The zero-order valence-corrected chi connectivity index (χ0v) is 19.3. The highest BCUT2D eigenvalue weighted by molar-refractivity contribution is 6.35. The summed E-state index contributed by atoms with van der Waals surface area (Å²) >= 11 is 18.7. The number of nitrogens with zero attached hydrogens (tertiary/aromatic N) is 1. The van der Waals surface area contributed by atoms with E-state index in [4.69, 9.17) is 34.8 Å². The fourth-order valence-corrected chi connectivity index (χ4v) is 4.79. The van der Waals surface area contributed by atoms with Crippen LogP contribution in [0, 0.1) is 6.92 Å². The first-order chi connectivity index (χ1) is 14.8. The van der Waals surface area contributed by atoms with Crippen LogP contribution < -0.4 is 5.32 Å². The van der Waals surface area contributed by atoms with Crippen LogP contribution in [0.4, 0.5) is 0 Å². The predicted molar refractivity (Wildman–Crippen MR) is 127 cm³/mol. The van der Waals surface area contributed by atoms with Gasteiger partial charge in [-0.2, -0.15) is 0 Å². The Bertz CT molecular complexity index is 1110. The number of aliphatic hydroxyl groups excluding tert-OH is 1. The largest absolute Gasteiger partial charge is 0.391 e. The van der Waals surface area contributed by atoms with Crippen molar-refractivity contribution in [2.75, 3.05) is 0 Å². The number of nitrogens with one attached hydrogen (secondary N) is 1. The van der Waals surface area contributed by atoms with Crippen molar-refractivity contribution in [2.45, 2.75) is 44.8 Å². The average Bonchev–Trinajstić information content (AvgIpc) is 3.07. The number of hydrogen-bond acceptors (Lipinski definition) is 2. The predicted octanol–water partition coefficient (Wildman–Crippen LogP) is 6.45. The lowest BCUT2D eigenvalue weighted by Crippen LogP contribution is -2.45. The minimum absolute atomic E-state index is 0.206. The van der Waals surface area contributed by atoms with Crippen LogP contribution in [0.25, 0.3) is 16.9 Å². The second kappa shape index (κ2) is 9.25. The van der Waals surface area contributed by atoms with Crippen LogP contribution in [-0.4, -0.2) is 27.7 Å². The van der Waals surface area contributed by atoms with Crippen molar-refractivity contribution in [3.63, 3.8) is 0 Å². The van der Waals surface area contributed by atoms with E-state index in [-0.39, 0.29) is 11.9 Å². The minimum atomic E-state index is -0.512. The Labute approximate surface area is 196 Å². The molecule has 1 amide bonds. The van der Waals surface area contributed by atoms with E-state index < -0.39 is 6.10 Å². The molecule has 0 radical (unpaired) electrons. The molecule has 1 aromatic heterocycles. The van der Waals surface area contributed by atoms with E-state index >= 15 is 0 Å². The normalized spacial score (nSPS) is 18.7. The van der Waals surface area contributed by atoms with Crippen LogP contribution in [0.1, 0.15) is 41.7 Å². The lowest BCUT2D eigenvalue weighted by Gasteiger charge is -2.28. The standard InChI is InChI=1S/C24H23Cl3N2O2/c1-14-18(24(31)28-20-4-2-3-5-23(20)30)13-22(15-6-8-16(25)9-7-15)29(14)21-11-10-17(26)12-19(21)27/h6-13,20,23,30H,2-5H2,1H3,(H,28,31)/t20-,23+/m0/s1. The summed E-state index contributed by atoms with van der Waals surface area (Å²) in [6.45, 7) is 1.89. The van der Waals surface area contributed by atoms with E-state index in [2.05, 4.69) is 5.32 Å². The lowest BCUT2D eigenvalue weighted by molar-refractivity contribution is 0.0717. The molecule has 2 N–H and O–H groups in total. The van der Waals surface area contributed by atoms with Crippen molar-refractivity contribution in [2.24, 2.45) is 0 Å². The molecule has 2 aromatic carbocycles. The minimum Gasteiger partial charge on any atom is -0.391 e. The molecular formula is C24H23Cl3N2O2. The van der Waals surface area contributed by atoms with E-state index in [1.54, 1.807) is 12.1 Å². The van der Waals surface area contributed by atoms with Crippen LogP contribution in [0.5, 0.6) is 0 Å². The Balaban J connectivity index is 1.80. The molecule has 1 heterocycles. The molecule has 4 nitrogen and oxygen atoms in total. The van der Waals surface area contributed by atoms with Crippen LogP contribution in [-0.2, 0) is 0 Å². The summed E-state index contributed by atoms with van der Waals surface area (Å²) < 4.78 is 1.95. The Kier molecular flexibility index (Phi) is 6.63. The van der Waals surface area contributed by atoms with Gasteiger partial charge in [-0.15, -0.1) is 0 Å². The van der Waals surface area contributed by atoms with Gasteiger partial charge in [-0.25, -0.2) is 0 Å². The fourth-order valence-electron chi connectivity index (χ4n) is 4.17. The van der Waals surface area contributed by atoms with Crippen LogP contribution >= 0.6 is 34.8 Å². The van der Waals surface area contributed by atoms with E-state index in [0.717, 1.165) is 41.9 Å². The van der Waals surface area contributed by atoms with E-state index in [1.807, 2.05) is 47.9 Å². The number of hydrogen-bond donors (Lipinski definition) is 2. The molecule has 1 saturated carbocycles. The molecule has 2 atom stereocenters. The molecule has 1 fully saturated rings. The molecule has 0 saturated heterocycles. The highest BCUT2D eigenvalue weighted by Crippen LogP contribution is 2.34. The number of aliphatic hydroxyl groups is 1. The Morgan fingerprint density at radius 1 is 1.00 bits per heavy atom. The number of halogens is 3. The molecule has 7 heteroatoms. The van der Waals surface area contributed by atoms with Crippen LogP contribution in [0.15, 0.2) is 48.5 Å². The smallest absolute Gasteiger partial charge is 0.253 e. The molecule has 0 unspecified atom stereocenters. The topological polar surface area (TPSA) is 54.3 Å². The number of aromatic nitrogens is 1. The Morgan fingerprint density at radius 3 is 2.35 bits per heavy atom. The van der Waals surface area contributed by atoms with Gasteiger partial charge in [-0.1, -0.05) is 59.8 Å². The first-order valence-corrected chi connectivity index (χ1v) is 11.4. The van der Waals surface area contributed by atoms with Gasteiger partial charge in [-0.05, 0) is 61.7 Å². The summed E-state index contributed by atoms with van der Waals surface area (Å²) in [7, 11) is 0. The second-order valence-corrected chi connectivity index (χ2v) is 9.18. The average molecular weight is 478 g/mol. The molecule has 162 valence electrons. The first kappa shape index (κ1) is 22.2. The van der Waals surface area contributed by atoms with E-state index in [9.17, 15) is 9.90 Å². The maximum absolute atomic E-state index is 13.2. The Hall–Kier alpha value is -1.98. The number of carbonyl (C=O) groups is 1. The molecule has 0 bridgehead atoms. The summed E-state index contributed by atoms with van der Waals surface area (Å²) in [6.07, 6.45) is 2.96. The Morgan fingerprint density at radius 2 is 1.68 bits per heavy atom. The van der Waals surface area contributed by atoms with Crippen LogP contribution in [0.3, 0.4) is 0 Å². The zero-order chi connectivity index (χ0) is 22.1.